The predicted octanol–water partition coefficient (Wildman–Crippen LogP) is 5.71. The van der Waals surface area contributed by atoms with E-state index >= 15 is 0 Å². The Balaban J connectivity index is 2.37. The molecule has 0 amide bonds. The standard InChI is InChI=1S/C20H25O4P/c1-4-16-21-19-15-11-10-14-18(19)20(25(22-5-2)23-6-3)24-17-12-8-7-9-13-17/h4,7-15,20H,1,5-6,16H2,2-3H3. The van der Waals surface area contributed by atoms with Gasteiger partial charge in [-0.3, -0.25) is 0 Å². The zero-order valence-electron chi connectivity index (χ0n) is 14.8. The van der Waals surface area contributed by atoms with Crippen molar-refractivity contribution < 1.29 is 18.5 Å². The van der Waals surface area contributed by atoms with E-state index in [-0.39, 0.29) is 0 Å². The average Bonchev–Trinajstić information content (AvgIpc) is 2.65. The van der Waals surface area contributed by atoms with Gasteiger partial charge in [-0.2, -0.15) is 0 Å². The summed E-state index contributed by atoms with van der Waals surface area (Å²) in [5, 5.41) is 0. The lowest BCUT2D eigenvalue weighted by Gasteiger charge is -2.27. The Kier molecular flexibility index (Phi) is 8.47. The van der Waals surface area contributed by atoms with E-state index in [4.69, 9.17) is 18.5 Å². The van der Waals surface area contributed by atoms with E-state index in [0.29, 0.717) is 19.8 Å². The molecule has 0 N–H and O–H groups in total. The van der Waals surface area contributed by atoms with Crippen LogP contribution >= 0.6 is 8.38 Å². The second kappa shape index (κ2) is 10.9. The maximum Gasteiger partial charge on any atom is 0.219 e. The lowest BCUT2D eigenvalue weighted by Crippen LogP contribution is -2.11. The van der Waals surface area contributed by atoms with Gasteiger partial charge < -0.3 is 18.5 Å². The van der Waals surface area contributed by atoms with Crippen LogP contribution in [-0.2, 0) is 9.05 Å². The molecule has 4 nitrogen and oxygen atoms in total. The maximum absolute atomic E-state index is 6.26. The monoisotopic (exact) mass is 360 g/mol. The quantitative estimate of drug-likeness (QED) is 0.380. The van der Waals surface area contributed by atoms with Gasteiger partial charge in [0.15, 0.2) is 5.85 Å². The van der Waals surface area contributed by atoms with Gasteiger partial charge in [0.2, 0.25) is 8.38 Å². The van der Waals surface area contributed by atoms with Crippen molar-refractivity contribution in [1.82, 2.24) is 0 Å². The molecule has 2 rings (SSSR count). The highest BCUT2D eigenvalue weighted by atomic mass is 31.2. The second-order valence-electron chi connectivity index (χ2n) is 5.04. The highest BCUT2D eigenvalue weighted by molar-refractivity contribution is 7.47. The number of rotatable bonds is 11. The van der Waals surface area contributed by atoms with Gasteiger partial charge in [0, 0.05) is 5.56 Å². The van der Waals surface area contributed by atoms with Crippen LogP contribution in [0.1, 0.15) is 25.3 Å². The van der Waals surface area contributed by atoms with E-state index in [1.54, 1.807) is 6.08 Å². The van der Waals surface area contributed by atoms with Gasteiger partial charge in [0.25, 0.3) is 0 Å². The summed E-state index contributed by atoms with van der Waals surface area (Å²) in [6.07, 6.45) is 1.72. The van der Waals surface area contributed by atoms with Gasteiger partial charge in [0.05, 0.1) is 13.2 Å². The first-order chi connectivity index (χ1) is 12.3. The van der Waals surface area contributed by atoms with Crippen molar-refractivity contribution >= 4 is 8.38 Å². The van der Waals surface area contributed by atoms with Gasteiger partial charge in [-0.25, -0.2) is 0 Å². The lowest BCUT2D eigenvalue weighted by atomic mass is 10.2. The van der Waals surface area contributed by atoms with Gasteiger partial charge in [-0.1, -0.05) is 49.1 Å². The number of ether oxygens (including phenoxy) is 2. The van der Waals surface area contributed by atoms with E-state index in [9.17, 15) is 0 Å². The Labute approximate surface area is 151 Å². The van der Waals surface area contributed by atoms with Gasteiger partial charge in [0.1, 0.15) is 18.1 Å². The van der Waals surface area contributed by atoms with E-state index in [1.165, 1.54) is 0 Å². The summed E-state index contributed by atoms with van der Waals surface area (Å²) in [5.41, 5.74) is 0.904. The van der Waals surface area contributed by atoms with E-state index < -0.39 is 14.2 Å². The van der Waals surface area contributed by atoms with Crippen molar-refractivity contribution in [2.45, 2.75) is 19.7 Å². The van der Waals surface area contributed by atoms with Crippen molar-refractivity contribution in [2.24, 2.45) is 0 Å². The molecule has 0 saturated heterocycles. The predicted molar refractivity (Wildman–Crippen MR) is 102 cm³/mol. The third kappa shape index (κ3) is 5.86. The van der Waals surface area contributed by atoms with Crippen LogP contribution in [0.25, 0.3) is 0 Å². The minimum atomic E-state index is -1.28. The molecule has 2 aromatic rings. The molecule has 0 bridgehead atoms. The minimum absolute atomic E-state index is 0.390. The van der Waals surface area contributed by atoms with E-state index in [2.05, 4.69) is 6.58 Å². The topological polar surface area (TPSA) is 36.9 Å². The molecule has 0 radical (unpaired) electrons. The molecule has 0 spiro atoms. The fraction of sp³-hybridized carbons (Fsp3) is 0.300. The fourth-order valence-electron chi connectivity index (χ4n) is 2.24. The summed E-state index contributed by atoms with van der Waals surface area (Å²) in [6, 6.07) is 17.5. The normalized spacial score (nSPS) is 12.0. The van der Waals surface area contributed by atoms with Crippen LogP contribution in [-0.4, -0.2) is 19.8 Å². The SMILES string of the molecule is C=CCOc1ccccc1C(Oc1ccccc1)P(OCC)OCC. The average molecular weight is 360 g/mol. The largest absolute Gasteiger partial charge is 0.489 e. The van der Waals surface area contributed by atoms with Crippen LogP contribution in [0.4, 0.5) is 0 Å². The Morgan fingerprint density at radius 2 is 1.60 bits per heavy atom. The van der Waals surface area contributed by atoms with E-state index in [1.807, 2.05) is 68.4 Å². The molecule has 0 aromatic heterocycles. The number of benzene rings is 2. The first-order valence-corrected chi connectivity index (χ1v) is 9.64. The lowest BCUT2D eigenvalue weighted by molar-refractivity contribution is 0.198. The molecule has 5 heteroatoms. The van der Waals surface area contributed by atoms with Crippen LogP contribution in [0.2, 0.25) is 0 Å². The van der Waals surface area contributed by atoms with Crippen LogP contribution in [0.15, 0.2) is 67.3 Å². The molecule has 1 unspecified atom stereocenters. The molecule has 0 saturated carbocycles. The number of para-hydroxylation sites is 2. The highest BCUT2D eigenvalue weighted by Gasteiger charge is 2.30. The second-order valence-corrected chi connectivity index (χ2v) is 6.60. The smallest absolute Gasteiger partial charge is 0.219 e. The third-order valence-corrected chi connectivity index (χ3v) is 5.03. The maximum atomic E-state index is 6.26. The molecule has 0 aliphatic rings. The summed E-state index contributed by atoms with van der Waals surface area (Å²) >= 11 is 0. The molecule has 0 aliphatic carbocycles. The Hall–Kier alpha value is -1.87. The van der Waals surface area contributed by atoms with Crippen molar-refractivity contribution in [3.8, 4) is 11.5 Å². The summed E-state index contributed by atoms with van der Waals surface area (Å²) < 4.78 is 23.8. The summed E-state index contributed by atoms with van der Waals surface area (Å²) in [4.78, 5) is 0. The molecule has 134 valence electrons. The Morgan fingerprint density at radius 1 is 0.960 bits per heavy atom. The van der Waals surface area contributed by atoms with Crippen LogP contribution < -0.4 is 9.47 Å². The molecule has 0 aliphatic heterocycles. The molecule has 25 heavy (non-hydrogen) atoms. The van der Waals surface area contributed by atoms with Crippen molar-refractivity contribution in [2.75, 3.05) is 19.8 Å². The number of hydrogen-bond acceptors (Lipinski definition) is 4. The molecular formula is C20H25O4P. The van der Waals surface area contributed by atoms with Crippen LogP contribution in [0.5, 0.6) is 11.5 Å². The summed E-state index contributed by atoms with van der Waals surface area (Å²) in [7, 11) is -1.28. The first-order valence-electron chi connectivity index (χ1n) is 8.39. The van der Waals surface area contributed by atoms with Crippen molar-refractivity contribution in [3.05, 3.63) is 72.8 Å². The summed E-state index contributed by atoms with van der Waals surface area (Å²) in [6.45, 7) is 9.15. The fourth-order valence-corrected chi connectivity index (χ4v) is 3.74. The Bertz CT molecular complexity index is 627. The molecule has 2 aromatic carbocycles. The van der Waals surface area contributed by atoms with Gasteiger partial charge >= 0.3 is 0 Å². The zero-order chi connectivity index (χ0) is 17.9. The summed E-state index contributed by atoms with van der Waals surface area (Å²) in [5.74, 6) is 1.12. The molecule has 0 fully saturated rings. The van der Waals surface area contributed by atoms with Crippen LogP contribution in [0, 0.1) is 0 Å². The van der Waals surface area contributed by atoms with Gasteiger partial charge in [-0.15, -0.1) is 0 Å². The third-order valence-electron chi connectivity index (χ3n) is 3.24. The zero-order valence-corrected chi connectivity index (χ0v) is 15.7. The highest BCUT2D eigenvalue weighted by Crippen LogP contribution is 2.55. The molecular weight excluding hydrogens is 335 g/mol. The van der Waals surface area contributed by atoms with E-state index in [0.717, 1.165) is 17.1 Å². The van der Waals surface area contributed by atoms with Crippen LogP contribution in [0.3, 0.4) is 0 Å². The minimum Gasteiger partial charge on any atom is -0.489 e. The van der Waals surface area contributed by atoms with Crippen molar-refractivity contribution in [1.29, 1.82) is 0 Å². The molecule has 0 heterocycles. The van der Waals surface area contributed by atoms with Crippen molar-refractivity contribution in [3.63, 3.8) is 0 Å². The Morgan fingerprint density at radius 3 is 2.24 bits per heavy atom. The molecule has 1 atom stereocenters. The number of hydrogen-bond donors (Lipinski definition) is 0. The van der Waals surface area contributed by atoms with Gasteiger partial charge in [-0.05, 0) is 32.0 Å². The first kappa shape index (κ1) is 19.5.